The summed E-state index contributed by atoms with van der Waals surface area (Å²) in [6, 6.07) is 11.3. The molecule has 0 unspecified atom stereocenters. The van der Waals surface area contributed by atoms with Gasteiger partial charge in [0.05, 0.1) is 0 Å². The van der Waals surface area contributed by atoms with E-state index in [2.05, 4.69) is 5.32 Å². The van der Waals surface area contributed by atoms with E-state index in [1.54, 1.807) is 0 Å². The van der Waals surface area contributed by atoms with Gasteiger partial charge in [0.15, 0.2) is 6.61 Å². The van der Waals surface area contributed by atoms with E-state index in [1.807, 2.05) is 57.2 Å². The molecule has 0 atom stereocenters. The minimum Gasteiger partial charge on any atom is -0.483 e. The van der Waals surface area contributed by atoms with Crippen LogP contribution in [0.5, 0.6) is 5.75 Å². The van der Waals surface area contributed by atoms with Crippen LogP contribution in [-0.2, 0) is 4.79 Å². The standard InChI is InChI=1S/C17H20N2O2/c1-11-4-7-14(8-5-11)19-16(20)10-21-17-12(2)6-9-15(18)13(17)3/h4-9H,10,18H2,1-3H3,(H,19,20). The van der Waals surface area contributed by atoms with Gasteiger partial charge < -0.3 is 15.8 Å². The van der Waals surface area contributed by atoms with Gasteiger partial charge in [0.25, 0.3) is 5.91 Å². The maximum atomic E-state index is 11.9. The first-order valence-corrected chi connectivity index (χ1v) is 6.82. The molecule has 1 amide bonds. The van der Waals surface area contributed by atoms with Crippen LogP contribution in [0.1, 0.15) is 16.7 Å². The molecule has 0 saturated carbocycles. The predicted octanol–water partition coefficient (Wildman–Crippen LogP) is 3.21. The van der Waals surface area contributed by atoms with Crippen LogP contribution in [0.3, 0.4) is 0 Å². The normalized spacial score (nSPS) is 10.2. The fraction of sp³-hybridized carbons (Fsp3) is 0.235. The number of nitrogens with two attached hydrogens (primary N) is 1. The van der Waals surface area contributed by atoms with E-state index in [0.29, 0.717) is 11.4 Å². The molecule has 3 N–H and O–H groups in total. The second-order valence-electron chi connectivity index (χ2n) is 5.13. The molecule has 0 saturated heterocycles. The highest BCUT2D eigenvalue weighted by atomic mass is 16.5. The largest absolute Gasteiger partial charge is 0.483 e. The van der Waals surface area contributed by atoms with Gasteiger partial charge in [0.2, 0.25) is 0 Å². The molecule has 2 aromatic rings. The van der Waals surface area contributed by atoms with Crippen molar-refractivity contribution in [2.45, 2.75) is 20.8 Å². The van der Waals surface area contributed by atoms with Crippen molar-refractivity contribution < 1.29 is 9.53 Å². The molecule has 0 aromatic heterocycles. The fourth-order valence-corrected chi connectivity index (χ4v) is 2.04. The van der Waals surface area contributed by atoms with Crippen molar-refractivity contribution in [3.63, 3.8) is 0 Å². The number of amides is 1. The van der Waals surface area contributed by atoms with Gasteiger partial charge in [-0.3, -0.25) is 4.79 Å². The highest BCUT2D eigenvalue weighted by Gasteiger charge is 2.09. The summed E-state index contributed by atoms with van der Waals surface area (Å²) in [7, 11) is 0. The van der Waals surface area contributed by atoms with Crippen molar-refractivity contribution in [3.05, 3.63) is 53.1 Å². The summed E-state index contributed by atoms with van der Waals surface area (Å²) in [6.45, 7) is 5.77. The number of rotatable bonds is 4. The Bertz CT molecular complexity index is 649. The van der Waals surface area contributed by atoms with Gasteiger partial charge in [-0.15, -0.1) is 0 Å². The lowest BCUT2D eigenvalue weighted by atomic mass is 10.1. The third-order valence-corrected chi connectivity index (χ3v) is 3.33. The smallest absolute Gasteiger partial charge is 0.262 e. The van der Waals surface area contributed by atoms with Gasteiger partial charge in [-0.25, -0.2) is 0 Å². The zero-order valence-electron chi connectivity index (χ0n) is 12.6. The van der Waals surface area contributed by atoms with E-state index < -0.39 is 0 Å². The number of ether oxygens (including phenoxy) is 1. The minimum absolute atomic E-state index is 0.0426. The van der Waals surface area contributed by atoms with Crippen molar-refractivity contribution in [2.75, 3.05) is 17.7 Å². The van der Waals surface area contributed by atoms with E-state index in [-0.39, 0.29) is 12.5 Å². The SMILES string of the molecule is Cc1ccc(NC(=O)COc2c(C)ccc(N)c2C)cc1. The molecule has 21 heavy (non-hydrogen) atoms. The Morgan fingerprint density at radius 3 is 2.43 bits per heavy atom. The topological polar surface area (TPSA) is 64.3 Å². The van der Waals surface area contributed by atoms with Crippen molar-refractivity contribution in [3.8, 4) is 5.75 Å². The third-order valence-electron chi connectivity index (χ3n) is 3.33. The molecule has 4 heteroatoms. The first-order chi connectivity index (χ1) is 9.97. The van der Waals surface area contributed by atoms with Gasteiger partial charge in [-0.1, -0.05) is 23.8 Å². The number of benzene rings is 2. The average Bonchev–Trinajstić information content (AvgIpc) is 2.45. The number of aryl methyl sites for hydroxylation is 2. The molecule has 0 aliphatic heterocycles. The molecule has 0 aliphatic rings. The molecule has 0 fully saturated rings. The quantitative estimate of drug-likeness (QED) is 0.847. The minimum atomic E-state index is -0.194. The number of anilines is 2. The van der Waals surface area contributed by atoms with Crippen LogP contribution >= 0.6 is 0 Å². The third kappa shape index (κ3) is 3.75. The average molecular weight is 284 g/mol. The monoisotopic (exact) mass is 284 g/mol. The van der Waals surface area contributed by atoms with Crippen LogP contribution in [0.4, 0.5) is 11.4 Å². The maximum absolute atomic E-state index is 11.9. The van der Waals surface area contributed by atoms with Gasteiger partial charge >= 0.3 is 0 Å². The van der Waals surface area contributed by atoms with Crippen LogP contribution in [0, 0.1) is 20.8 Å². The van der Waals surface area contributed by atoms with Crippen LogP contribution in [-0.4, -0.2) is 12.5 Å². The lowest BCUT2D eigenvalue weighted by molar-refractivity contribution is -0.118. The van der Waals surface area contributed by atoms with Crippen LogP contribution in [0.15, 0.2) is 36.4 Å². The van der Waals surface area contributed by atoms with Gasteiger partial charge in [0.1, 0.15) is 5.75 Å². The molecule has 2 rings (SSSR count). The summed E-state index contributed by atoms with van der Waals surface area (Å²) in [6.07, 6.45) is 0. The van der Waals surface area contributed by atoms with E-state index in [4.69, 9.17) is 10.5 Å². The molecular weight excluding hydrogens is 264 g/mol. The number of hydrogen-bond acceptors (Lipinski definition) is 3. The fourth-order valence-electron chi connectivity index (χ4n) is 2.04. The lowest BCUT2D eigenvalue weighted by Gasteiger charge is -2.13. The Hall–Kier alpha value is -2.49. The highest BCUT2D eigenvalue weighted by Crippen LogP contribution is 2.27. The maximum Gasteiger partial charge on any atom is 0.262 e. The number of carbonyl (C=O) groups is 1. The first-order valence-electron chi connectivity index (χ1n) is 6.82. The summed E-state index contributed by atoms with van der Waals surface area (Å²) < 4.78 is 5.61. The van der Waals surface area contributed by atoms with Gasteiger partial charge in [0, 0.05) is 16.9 Å². The molecule has 110 valence electrons. The Labute approximate surface area is 124 Å². The zero-order chi connectivity index (χ0) is 15.4. The number of carbonyl (C=O) groups excluding carboxylic acids is 1. The molecule has 4 nitrogen and oxygen atoms in total. The Balaban J connectivity index is 1.98. The first kappa shape index (κ1) is 14.9. The molecule has 0 spiro atoms. The van der Waals surface area contributed by atoms with Crippen molar-refractivity contribution in [1.29, 1.82) is 0 Å². The summed E-state index contributed by atoms with van der Waals surface area (Å²) >= 11 is 0. The molecule has 0 aliphatic carbocycles. The second-order valence-corrected chi connectivity index (χ2v) is 5.13. The molecule has 0 radical (unpaired) electrons. The summed E-state index contributed by atoms with van der Waals surface area (Å²) in [5.74, 6) is 0.481. The van der Waals surface area contributed by atoms with Crippen LogP contribution in [0.25, 0.3) is 0 Å². The van der Waals surface area contributed by atoms with Crippen LogP contribution in [0.2, 0.25) is 0 Å². The highest BCUT2D eigenvalue weighted by molar-refractivity contribution is 5.91. The molecule has 2 aromatic carbocycles. The summed E-state index contributed by atoms with van der Waals surface area (Å²) in [5, 5.41) is 2.80. The van der Waals surface area contributed by atoms with E-state index in [0.717, 1.165) is 22.4 Å². The Kier molecular flexibility index (Phi) is 4.48. The second kappa shape index (κ2) is 6.31. The van der Waals surface area contributed by atoms with E-state index >= 15 is 0 Å². The Morgan fingerprint density at radius 1 is 1.10 bits per heavy atom. The predicted molar refractivity (Wildman–Crippen MR) is 85.6 cm³/mol. The van der Waals surface area contributed by atoms with E-state index in [9.17, 15) is 4.79 Å². The van der Waals surface area contributed by atoms with Gasteiger partial charge in [-0.05, 0) is 44.5 Å². The van der Waals surface area contributed by atoms with Crippen molar-refractivity contribution in [2.24, 2.45) is 0 Å². The Morgan fingerprint density at radius 2 is 1.76 bits per heavy atom. The van der Waals surface area contributed by atoms with Crippen molar-refractivity contribution in [1.82, 2.24) is 0 Å². The summed E-state index contributed by atoms with van der Waals surface area (Å²) in [4.78, 5) is 11.9. The molecular formula is C17H20N2O2. The number of nitrogens with one attached hydrogen (secondary N) is 1. The molecule has 0 bridgehead atoms. The van der Waals surface area contributed by atoms with E-state index in [1.165, 1.54) is 0 Å². The summed E-state index contributed by atoms with van der Waals surface area (Å²) in [5.41, 5.74) is 10.2. The number of nitrogen functional groups attached to an aromatic ring is 1. The zero-order valence-corrected chi connectivity index (χ0v) is 12.6. The van der Waals surface area contributed by atoms with Crippen LogP contribution < -0.4 is 15.8 Å². The van der Waals surface area contributed by atoms with Gasteiger partial charge in [-0.2, -0.15) is 0 Å². The van der Waals surface area contributed by atoms with Crippen molar-refractivity contribution >= 4 is 17.3 Å². The number of hydrogen-bond donors (Lipinski definition) is 2. The lowest BCUT2D eigenvalue weighted by Crippen LogP contribution is -2.20. The molecule has 0 heterocycles.